The standard InChI is InChI=1S/C20H24N4O2/c1-13-8-14(2)12-24(11-13)20(26)16-5-4-15(3)17(9-16)23-19(25)18-10-21-6-7-22-18/h4-7,9-10,13-14H,8,11-12H2,1-3H3,(H,23,25)/t13-,14+. The first-order valence-electron chi connectivity index (χ1n) is 8.91. The molecule has 0 unspecified atom stereocenters. The second kappa shape index (κ2) is 7.64. The Morgan fingerprint density at radius 2 is 1.88 bits per heavy atom. The number of carbonyl (C=O) groups is 2. The van der Waals surface area contributed by atoms with E-state index in [2.05, 4.69) is 29.1 Å². The lowest BCUT2D eigenvalue weighted by Gasteiger charge is -2.35. The van der Waals surface area contributed by atoms with Gasteiger partial charge in [-0.15, -0.1) is 0 Å². The molecule has 1 aromatic carbocycles. The zero-order chi connectivity index (χ0) is 18.7. The van der Waals surface area contributed by atoms with E-state index in [9.17, 15) is 9.59 Å². The van der Waals surface area contributed by atoms with Crippen molar-refractivity contribution in [1.82, 2.24) is 14.9 Å². The van der Waals surface area contributed by atoms with Gasteiger partial charge in [-0.25, -0.2) is 4.98 Å². The number of nitrogens with zero attached hydrogens (tertiary/aromatic N) is 3. The molecule has 0 aliphatic carbocycles. The molecule has 1 aliphatic heterocycles. The second-order valence-electron chi connectivity index (χ2n) is 7.23. The SMILES string of the molecule is Cc1ccc(C(=O)N2C[C@H](C)C[C@H](C)C2)cc1NC(=O)c1cnccn1. The number of anilines is 1. The summed E-state index contributed by atoms with van der Waals surface area (Å²) >= 11 is 0. The minimum absolute atomic E-state index is 0.0124. The van der Waals surface area contributed by atoms with E-state index in [1.165, 1.54) is 18.6 Å². The zero-order valence-electron chi connectivity index (χ0n) is 15.4. The molecule has 0 bridgehead atoms. The lowest BCUT2D eigenvalue weighted by molar-refractivity contribution is 0.0623. The Labute approximate surface area is 153 Å². The topological polar surface area (TPSA) is 75.2 Å². The third kappa shape index (κ3) is 4.07. The van der Waals surface area contributed by atoms with Crippen LogP contribution in [0.5, 0.6) is 0 Å². The second-order valence-corrected chi connectivity index (χ2v) is 7.23. The predicted octanol–water partition coefficient (Wildman–Crippen LogP) is 3.16. The molecule has 1 N–H and O–H groups in total. The van der Waals surface area contributed by atoms with Crippen LogP contribution in [0.2, 0.25) is 0 Å². The van der Waals surface area contributed by atoms with E-state index in [-0.39, 0.29) is 17.5 Å². The van der Waals surface area contributed by atoms with E-state index in [0.717, 1.165) is 25.1 Å². The van der Waals surface area contributed by atoms with Gasteiger partial charge in [0.05, 0.1) is 6.20 Å². The van der Waals surface area contributed by atoms with Gasteiger partial charge in [0.2, 0.25) is 0 Å². The summed E-state index contributed by atoms with van der Waals surface area (Å²) in [4.78, 5) is 35.1. The molecule has 2 atom stereocenters. The Kier molecular flexibility index (Phi) is 5.30. The molecular weight excluding hydrogens is 328 g/mol. The van der Waals surface area contributed by atoms with Crippen molar-refractivity contribution < 1.29 is 9.59 Å². The van der Waals surface area contributed by atoms with Crippen molar-refractivity contribution in [2.24, 2.45) is 11.8 Å². The first-order valence-corrected chi connectivity index (χ1v) is 8.91. The smallest absolute Gasteiger partial charge is 0.275 e. The molecule has 136 valence electrons. The van der Waals surface area contributed by atoms with Crippen LogP contribution in [0.25, 0.3) is 0 Å². The van der Waals surface area contributed by atoms with Crippen LogP contribution in [0.3, 0.4) is 0 Å². The van der Waals surface area contributed by atoms with Crippen molar-refractivity contribution in [3.63, 3.8) is 0 Å². The number of aryl methyl sites for hydroxylation is 1. The number of hydrogen-bond donors (Lipinski definition) is 1. The van der Waals surface area contributed by atoms with Gasteiger partial charge in [0.25, 0.3) is 11.8 Å². The van der Waals surface area contributed by atoms with Crippen LogP contribution in [0.4, 0.5) is 5.69 Å². The summed E-state index contributed by atoms with van der Waals surface area (Å²) in [6.45, 7) is 7.80. The molecule has 2 amide bonds. The molecule has 2 heterocycles. The molecular formula is C20H24N4O2. The van der Waals surface area contributed by atoms with Crippen molar-refractivity contribution in [3.05, 3.63) is 53.6 Å². The summed E-state index contributed by atoms with van der Waals surface area (Å²) in [5.41, 5.74) is 2.33. The quantitative estimate of drug-likeness (QED) is 0.921. The van der Waals surface area contributed by atoms with Crippen molar-refractivity contribution in [2.45, 2.75) is 27.2 Å². The molecule has 6 nitrogen and oxygen atoms in total. The first kappa shape index (κ1) is 18.0. The van der Waals surface area contributed by atoms with E-state index in [1.54, 1.807) is 6.07 Å². The fraction of sp³-hybridized carbons (Fsp3) is 0.400. The Morgan fingerprint density at radius 3 is 2.54 bits per heavy atom. The van der Waals surface area contributed by atoms with Crippen LogP contribution >= 0.6 is 0 Å². The fourth-order valence-electron chi connectivity index (χ4n) is 3.50. The van der Waals surface area contributed by atoms with Crippen LogP contribution in [-0.2, 0) is 0 Å². The number of carbonyl (C=O) groups excluding carboxylic acids is 2. The maximum Gasteiger partial charge on any atom is 0.275 e. The minimum atomic E-state index is -0.342. The highest BCUT2D eigenvalue weighted by molar-refractivity contribution is 6.04. The van der Waals surface area contributed by atoms with Gasteiger partial charge in [-0.1, -0.05) is 19.9 Å². The monoisotopic (exact) mass is 352 g/mol. The lowest BCUT2D eigenvalue weighted by atomic mass is 9.91. The van der Waals surface area contributed by atoms with Crippen molar-refractivity contribution in [2.75, 3.05) is 18.4 Å². The summed E-state index contributed by atoms with van der Waals surface area (Å²) in [5.74, 6) is 0.678. The van der Waals surface area contributed by atoms with Gasteiger partial charge < -0.3 is 10.2 Å². The van der Waals surface area contributed by atoms with Gasteiger partial charge in [-0.2, -0.15) is 0 Å². The minimum Gasteiger partial charge on any atom is -0.338 e. The zero-order valence-corrected chi connectivity index (χ0v) is 15.4. The highest BCUT2D eigenvalue weighted by atomic mass is 16.2. The van der Waals surface area contributed by atoms with Crippen LogP contribution in [0, 0.1) is 18.8 Å². The predicted molar refractivity (Wildman–Crippen MR) is 100 cm³/mol. The molecule has 26 heavy (non-hydrogen) atoms. The van der Waals surface area contributed by atoms with Crippen LogP contribution in [0.15, 0.2) is 36.8 Å². The number of piperidine rings is 1. The molecule has 2 aromatic rings. The van der Waals surface area contributed by atoms with Gasteiger partial charge in [-0.3, -0.25) is 14.6 Å². The normalized spacial score (nSPS) is 19.9. The highest BCUT2D eigenvalue weighted by Crippen LogP contribution is 2.24. The van der Waals surface area contributed by atoms with Crippen molar-refractivity contribution in [1.29, 1.82) is 0 Å². The summed E-state index contributed by atoms with van der Waals surface area (Å²) in [7, 11) is 0. The number of likely N-dealkylation sites (tertiary alicyclic amines) is 1. The Bertz CT molecular complexity index is 797. The molecule has 0 radical (unpaired) electrons. The summed E-state index contributed by atoms with van der Waals surface area (Å²) in [5, 5.41) is 2.83. The first-order chi connectivity index (χ1) is 12.4. The number of rotatable bonds is 3. The fourth-order valence-corrected chi connectivity index (χ4v) is 3.50. The Morgan fingerprint density at radius 1 is 1.15 bits per heavy atom. The van der Waals surface area contributed by atoms with Crippen molar-refractivity contribution in [3.8, 4) is 0 Å². The third-order valence-electron chi connectivity index (χ3n) is 4.68. The molecule has 0 spiro atoms. The molecule has 0 saturated carbocycles. The number of amides is 2. The summed E-state index contributed by atoms with van der Waals surface area (Å²) in [6.07, 6.45) is 5.55. The van der Waals surface area contributed by atoms with E-state index in [4.69, 9.17) is 0 Å². The van der Waals surface area contributed by atoms with Crippen LogP contribution < -0.4 is 5.32 Å². The third-order valence-corrected chi connectivity index (χ3v) is 4.68. The number of aromatic nitrogens is 2. The van der Waals surface area contributed by atoms with E-state index < -0.39 is 0 Å². The molecule has 1 aromatic heterocycles. The lowest BCUT2D eigenvalue weighted by Crippen LogP contribution is -2.42. The Balaban J connectivity index is 1.79. The Hall–Kier alpha value is -2.76. The van der Waals surface area contributed by atoms with Gasteiger partial charge in [0.1, 0.15) is 5.69 Å². The van der Waals surface area contributed by atoms with Gasteiger partial charge in [-0.05, 0) is 42.9 Å². The van der Waals surface area contributed by atoms with Gasteiger partial charge >= 0.3 is 0 Å². The maximum atomic E-state index is 12.9. The number of benzene rings is 1. The number of hydrogen-bond acceptors (Lipinski definition) is 4. The largest absolute Gasteiger partial charge is 0.338 e. The van der Waals surface area contributed by atoms with E-state index in [0.29, 0.717) is 23.1 Å². The molecule has 1 aliphatic rings. The average Bonchev–Trinajstić information content (AvgIpc) is 2.63. The van der Waals surface area contributed by atoms with Crippen molar-refractivity contribution >= 4 is 17.5 Å². The molecule has 6 heteroatoms. The highest BCUT2D eigenvalue weighted by Gasteiger charge is 2.26. The number of nitrogens with one attached hydrogen (secondary N) is 1. The summed E-state index contributed by atoms with van der Waals surface area (Å²) < 4.78 is 0. The summed E-state index contributed by atoms with van der Waals surface area (Å²) in [6, 6.07) is 5.42. The van der Waals surface area contributed by atoms with Gasteiger partial charge in [0.15, 0.2) is 0 Å². The van der Waals surface area contributed by atoms with Crippen LogP contribution in [0.1, 0.15) is 46.7 Å². The molecule has 1 fully saturated rings. The molecule has 1 saturated heterocycles. The maximum absolute atomic E-state index is 12.9. The van der Waals surface area contributed by atoms with E-state index >= 15 is 0 Å². The average molecular weight is 352 g/mol. The van der Waals surface area contributed by atoms with E-state index in [1.807, 2.05) is 24.0 Å². The molecule has 3 rings (SSSR count). The van der Waals surface area contributed by atoms with Crippen LogP contribution in [-0.4, -0.2) is 39.8 Å². The van der Waals surface area contributed by atoms with Gasteiger partial charge in [0, 0.05) is 36.7 Å².